The molecule has 1 aromatic carbocycles. The van der Waals surface area contributed by atoms with Crippen LogP contribution < -0.4 is 15.1 Å². The fraction of sp³-hybridized carbons (Fsp3) is 0.542. The zero-order valence-corrected chi connectivity index (χ0v) is 18.9. The molecule has 31 heavy (non-hydrogen) atoms. The Balaban J connectivity index is 1.62. The van der Waals surface area contributed by atoms with Gasteiger partial charge in [-0.3, -0.25) is 0 Å². The Morgan fingerprint density at radius 3 is 2.58 bits per heavy atom. The van der Waals surface area contributed by atoms with Crippen LogP contribution in [0.5, 0.6) is 0 Å². The van der Waals surface area contributed by atoms with Crippen molar-refractivity contribution in [2.75, 3.05) is 50.7 Å². The highest BCUT2D eigenvalue weighted by Gasteiger charge is 2.29. The predicted octanol–water partition coefficient (Wildman–Crippen LogP) is 1.74. The second-order valence-electron chi connectivity index (χ2n) is 8.51. The van der Waals surface area contributed by atoms with Crippen molar-refractivity contribution in [3.05, 3.63) is 41.6 Å². The van der Waals surface area contributed by atoms with Crippen LogP contribution in [0.2, 0.25) is 0 Å². The highest BCUT2D eigenvalue weighted by molar-refractivity contribution is 5.75. The van der Waals surface area contributed by atoms with Crippen LogP contribution in [0.3, 0.4) is 0 Å². The molecule has 1 aromatic heterocycles. The number of hydrogen-bond donors (Lipinski definition) is 2. The van der Waals surface area contributed by atoms with Crippen molar-refractivity contribution in [1.29, 1.82) is 0 Å². The maximum Gasteiger partial charge on any atom is 0.317 e. The summed E-state index contributed by atoms with van der Waals surface area (Å²) in [6.45, 7) is 11.8. The van der Waals surface area contributed by atoms with Crippen LogP contribution in [0.15, 0.2) is 30.3 Å². The smallest absolute Gasteiger partial charge is 0.317 e. The van der Waals surface area contributed by atoms with Crippen molar-refractivity contribution >= 4 is 11.8 Å². The van der Waals surface area contributed by atoms with Crippen LogP contribution >= 0.6 is 0 Å². The number of unbranched alkanes of at least 4 members (excludes halogenated alkanes) is 1. The molecule has 2 aliphatic heterocycles. The number of aromatic nitrogens is 2. The molecule has 1 fully saturated rings. The van der Waals surface area contributed by atoms with E-state index in [2.05, 4.69) is 36.2 Å². The van der Waals surface area contributed by atoms with Gasteiger partial charge in [0.1, 0.15) is 5.82 Å². The van der Waals surface area contributed by atoms with Gasteiger partial charge in [-0.1, -0.05) is 43.7 Å². The van der Waals surface area contributed by atoms with Crippen LogP contribution in [-0.2, 0) is 13.0 Å². The van der Waals surface area contributed by atoms with E-state index in [1.807, 2.05) is 23.1 Å². The molecule has 0 atom stereocenters. The third-order valence-electron chi connectivity index (χ3n) is 6.43. The first kappa shape index (κ1) is 21.6. The summed E-state index contributed by atoms with van der Waals surface area (Å²) >= 11 is 0. The number of amides is 2. The van der Waals surface area contributed by atoms with Crippen molar-refractivity contribution in [1.82, 2.24) is 20.2 Å². The third-order valence-corrected chi connectivity index (χ3v) is 6.43. The number of likely N-dealkylation sites (N-methyl/N-ethyl adjacent to an activating group) is 1. The van der Waals surface area contributed by atoms with E-state index in [4.69, 9.17) is 9.97 Å². The summed E-state index contributed by atoms with van der Waals surface area (Å²) in [6.07, 6.45) is 2.86. The van der Waals surface area contributed by atoms with E-state index in [1.54, 1.807) is 4.90 Å². The zero-order valence-electron chi connectivity index (χ0n) is 18.9. The van der Waals surface area contributed by atoms with Gasteiger partial charge in [0.2, 0.25) is 0 Å². The van der Waals surface area contributed by atoms with Crippen LogP contribution in [0.1, 0.15) is 37.9 Å². The minimum Gasteiger partial charge on any atom is -0.345 e. The van der Waals surface area contributed by atoms with E-state index in [-0.39, 0.29) is 6.03 Å². The van der Waals surface area contributed by atoms with E-state index >= 15 is 0 Å². The zero-order chi connectivity index (χ0) is 21.6. The molecule has 2 aromatic rings. The number of hydrogen-bond acceptors (Lipinski definition) is 4. The van der Waals surface area contributed by atoms with E-state index in [1.165, 1.54) is 0 Å². The average molecular weight is 424 g/mol. The molecule has 7 nitrogen and oxygen atoms in total. The second kappa shape index (κ2) is 10.1. The first-order valence-corrected chi connectivity index (χ1v) is 11.8. The number of anilines is 1. The summed E-state index contributed by atoms with van der Waals surface area (Å²) in [5.41, 5.74) is 3.26. The van der Waals surface area contributed by atoms with Crippen molar-refractivity contribution in [2.24, 2.45) is 0 Å². The number of nitrogens with one attached hydrogen (secondary N) is 2. The van der Waals surface area contributed by atoms with Crippen molar-refractivity contribution in [2.45, 2.75) is 39.7 Å². The van der Waals surface area contributed by atoms with Crippen molar-refractivity contribution in [3.8, 4) is 11.4 Å². The largest absolute Gasteiger partial charge is 0.345 e. The predicted molar refractivity (Wildman–Crippen MR) is 123 cm³/mol. The molecule has 7 heteroatoms. The minimum absolute atomic E-state index is 0.0254. The lowest BCUT2D eigenvalue weighted by molar-refractivity contribution is -0.898. The van der Waals surface area contributed by atoms with E-state index < -0.39 is 0 Å². The Morgan fingerprint density at radius 1 is 1.10 bits per heavy atom. The fourth-order valence-electron chi connectivity index (χ4n) is 4.42. The summed E-state index contributed by atoms with van der Waals surface area (Å²) in [6, 6.07) is 10.2. The first-order valence-electron chi connectivity index (χ1n) is 11.8. The molecule has 3 heterocycles. The lowest BCUT2D eigenvalue weighted by Crippen LogP contribution is -3.14. The molecular weight excluding hydrogens is 388 g/mol. The van der Waals surface area contributed by atoms with Crippen LogP contribution in [0, 0.1) is 0 Å². The fourth-order valence-corrected chi connectivity index (χ4v) is 4.42. The van der Waals surface area contributed by atoms with Gasteiger partial charge in [0.15, 0.2) is 5.82 Å². The number of quaternary nitrogens is 1. The second-order valence-corrected chi connectivity index (χ2v) is 8.51. The topological polar surface area (TPSA) is 65.8 Å². The quantitative estimate of drug-likeness (QED) is 0.695. The molecule has 0 bridgehead atoms. The Bertz CT molecular complexity index is 879. The van der Waals surface area contributed by atoms with Gasteiger partial charge in [0, 0.05) is 30.6 Å². The standard InChI is InChI=1S/C24H34N6O/c1-3-5-12-25-24(31)30-13-11-21-20(18-30)23(29-16-14-28(4-2)15-17-29)27-22(26-21)19-9-7-6-8-10-19/h6-10H,3-5,11-18H2,1-2H3,(H,25,31)/p+1. The Morgan fingerprint density at radius 2 is 1.87 bits per heavy atom. The lowest BCUT2D eigenvalue weighted by Gasteiger charge is -2.36. The molecule has 0 saturated carbocycles. The van der Waals surface area contributed by atoms with E-state index in [0.29, 0.717) is 13.1 Å². The number of carbonyl (C=O) groups is 1. The summed E-state index contributed by atoms with van der Waals surface area (Å²) in [5, 5.41) is 3.06. The summed E-state index contributed by atoms with van der Waals surface area (Å²) in [7, 11) is 0. The summed E-state index contributed by atoms with van der Waals surface area (Å²) in [5.74, 6) is 1.81. The van der Waals surface area contributed by atoms with Crippen LogP contribution in [0.4, 0.5) is 10.6 Å². The maximum absolute atomic E-state index is 12.7. The van der Waals surface area contributed by atoms with E-state index in [9.17, 15) is 4.79 Å². The highest BCUT2D eigenvalue weighted by atomic mass is 16.2. The Hall–Kier alpha value is -2.67. The van der Waals surface area contributed by atoms with Crippen molar-refractivity contribution < 1.29 is 9.69 Å². The summed E-state index contributed by atoms with van der Waals surface area (Å²) in [4.78, 5) is 28.6. The maximum atomic E-state index is 12.7. The number of rotatable bonds is 6. The number of fused-ring (bicyclic) bond motifs is 1. The molecule has 4 rings (SSSR count). The highest BCUT2D eigenvalue weighted by Crippen LogP contribution is 2.29. The van der Waals surface area contributed by atoms with Crippen molar-refractivity contribution in [3.63, 3.8) is 0 Å². The number of piperazine rings is 1. The number of nitrogens with zero attached hydrogens (tertiary/aromatic N) is 4. The normalized spacial score (nSPS) is 16.8. The van der Waals surface area contributed by atoms with Gasteiger partial charge in [-0.05, 0) is 13.3 Å². The van der Waals surface area contributed by atoms with Gasteiger partial charge in [-0.25, -0.2) is 14.8 Å². The van der Waals surface area contributed by atoms with Crippen LogP contribution in [-0.4, -0.2) is 66.7 Å². The van der Waals surface area contributed by atoms with Gasteiger partial charge < -0.3 is 20.0 Å². The first-order chi connectivity index (χ1) is 15.2. The Labute approximate surface area is 185 Å². The third kappa shape index (κ3) is 4.98. The molecular formula is C24H35N6O+. The number of urea groups is 1. The monoisotopic (exact) mass is 423 g/mol. The lowest BCUT2D eigenvalue weighted by atomic mass is 10.0. The molecule has 1 saturated heterocycles. The number of carbonyl (C=O) groups excluding carboxylic acids is 1. The molecule has 2 N–H and O–H groups in total. The minimum atomic E-state index is 0.0254. The van der Waals surface area contributed by atoms with Gasteiger partial charge in [0.25, 0.3) is 0 Å². The van der Waals surface area contributed by atoms with Gasteiger partial charge in [-0.2, -0.15) is 0 Å². The summed E-state index contributed by atoms with van der Waals surface area (Å²) < 4.78 is 0. The molecule has 0 spiro atoms. The number of benzene rings is 1. The Kier molecular flexibility index (Phi) is 7.02. The SMILES string of the molecule is CCCCNC(=O)N1CCc2nc(-c3ccccc3)nc(N3CC[NH+](CC)CC3)c2C1. The van der Waals surface area contributed by atoms with Gasteiger partial charge in [0.05, 0.1) is 45.0 Å². The average Bonchev–Trinajstić information content (AvgIpc) is 2.83. The molecule has 0 aliphatic carbocycles. The molecule has 0 unspecified atom stereocenters. The van der Waals surface area contributed by atoms with Crippen LogP contribution in [0.25, 0.3) is 11.4 Å². The molecule has 2 aliphatic rings. The molecule has 0 radical (unpaired) electrons. The van der Waals surface area contributed by atoms with E-state index in [0.717, 1.165) is 87.0 Å². The van der Waals surface area contributed by atoms with Gasteiger partial charge >= 0.3 is 6.03 Å². The molecule has 166 valence electrons. The van der Waals surface area contributed by atoms with Gasteiger partial charge in [-0.15, -0.1) is 0 Å². The molecule has 2 amide bonds.